The van der Waals surface area contributed by atoms with Crippen LogP contribution >= 0.6 is 15.9 Å². The van der Waals surface area contributed by atoms with Crippen LogP contribution in [0.4, 0.5) is 0 Å². The molecule has 7 heteroatoms. The quantitative estimate of drug-likeness (QED) is 0.832. The number of hydrogen-bond acceptors (Lipinski definition) is 4. The van der Waals surface area contributed by atoms with E-state index in [-0.39, 0.29) is 10.9 Å². The number of hydrogen-bond donors (Lipinski definition) is 0. The van der Waals surface area contributed by atoms with Crippen LogP contribution in [0.1, 0.15) is 6.42 Å². The Kier molecular flexibility index (Phi) is 4.50. The molecule has 1 atom stereocenters. The highest BCUT2D eigenvalue weighted by Gasteiger charge is 2.30. The highest BCUT2D eigenvalue weighted by molar-refractivity contribution is 9.10. The van der Waals surface area contributed by atoms with Gasteiger partial charge in [-0.2, -0.15) is 4.31 Å². The van der Waals surface area contributed by atoms with Gasteiger partial charge in [0.05, 0.1) is 29.1 Å². The van der Waals surface area contributed by atoms with Gasteiger partial charge in [0.2, 0.25) is 10.0 Å². The fourth-order valence-electron chi connectivity index (χ4n) is 1.98. The summed E-state index contributed by atoms with van der Waals surface area (Å²) in [5.74, 6) is 0.603. The van der Waals surface area contributed by atoms with Gasteiger partial charge in [0.1, 0.15) is 5.75 Å². The van der Waals surface area contributed by atoms with Crippen LogP contribution in [0.15, 0.2) is 27.6 Å². The zero-order chi connectivity index (χ0) is 14.0. The number of halogens is 1. The number of benzene rings is 1. The van der Waals surface area contributed by atoms with Crippen molar-refractivity contribution in [1.82, 2.24) is 4.31 Å². The van der Waals surface area contributed by atoms with Crippen LogP contribution in [0.3, 0.4) is 0 Å². The van der Waals surface area contributed by atoms with E-state index < -0.39 is 10.0 Å². The molecule has 0 spiro atoms. The van der Waals surface area contributed by atoms with E-state index in [1.807, 2.05) is 0 Å². The van der Waals surface area contributed by atoms with Crippen molar-refractivity contribution in [3.8, 4) is 5.75 Å². The minimum absolute atomic E-state index is 0.0918. The molecule has 1 saturated heterocycles. The van der Waals surface area contributed by atoms with Crippen molar-refractivity contribution in [3.05, 3.63) is 22.7 Å². The molecule has 0 radical (unpaired) electrons. The Hall–Kier alpha value is -0.630. The van der Waals surface area contributed by atoms with Crippen LogP contribution in [0.5, 0.6) is 5.75 Å². The maximum Gasteiger partial charge on any atom is 0.243 e. The van der Waals surface area contributed by atoms with Crippen LogP contribution in [-0.2, 0) is 14.8 Å². The molecule has 1 heterocycles. The average molecular weight is 350 g/mol. The Balaban J connectivity index is 2.30. The molecule has 0 aliphatic carbocycles. The minimum atomic E-state index is -3.50. The predicted molar refractivity (Wildman–Crippen MR) is 74.9 cm³/mol. The number of likely N-dealkylation sites (N-methyl/N-ethyl adjacent to an activating group) is 1. The van der Waals surface area contributed by atoms with Crippen molar-refractivity contribution >= 4 is 26.0 Å². The first kappa shape index (κ1) is 14.8. The van der Waals surface area contributed by atoms with Gasteiger partial charge in [-0.25, -0.2) is 8.42 Å². The Bertz CT molecular complexity index is 555. The fourth-order valence-corrected chi connectivity index (χ4v) is 4.07. The molecule has 1 aromatic carbocycles. The van der Waals surface area contributed by atoms with E-state index >= 15 is 0 Å². The topological polar surface area (TPSA) is 55.8 Å². The molecule has 1 aromatic rings. The van der Waals surface area contributed by atoms with Gasteiger partial charge in [0.15, 0.2) is 0 Å². The molecule has 0 amide bonds. The second-order valence-electron chi connectivity index (χ2n) is 4.34. The lowest BCUT2D eigenvalue weighted by molar-refractivity contribution is 0.181. The normalized spacial score (nSPS) is 19.9. The van der Waals surface area contributed by atoms with Gasteiger partial charge in [-0.3, -0.25) is 0 Å². The second-order valence-corrected chi connectivity index (χ2v) is 7.19. The molecule has 1 unspecified atom stereocenters. The Morgan fingerprint density at radius 2 is 2.21 bits per heavy atom. The first-order valence-corrected chi connectivity index (χ1v) is 8.09. The monoisotopic (exact) mass is 349 g/mol. The van der Waals surface area contributed by atoms with Crippen molar-refractivity contribution in [2.75, 3.05) is 27.4 Å². The van der Waals surface area contributed by atoms with Crippen molar-refractivity contribution in [2.45, 2.75) is 17.4 Å². The summed E-state index contributed by atoms with van der Waals surface area (Å²) in [5.41, 5.74) is 0. The fraction of sp³-hybridized carbons (Fsp3) is 0.500. The van der Waals surface area contributed by atoms with Gasteiger partial charge in [-0.15, -0.1) is 0 Å². The molecule has 2 rings (SSSR count). The molecule has 1 fully saturated rings. The van der Waals surface area contributed by atoms with Gasteiger partial charge in [-0.05, 0) is 40.5 Å². The van der Waals surface area contributed by atoms with E-state index in [0.717, 1.165) is 6.42 Å². The summed E-state index contributed by atoms with van der Waals surface area (Å²) in [6.07, 6.45) is 0.729. The van der Waals surface area contributed by atoms with Gasteiger partial charge >= 0.3 is 0 Å². The van der Waals surface area contributed by atoms with Crippen LogP contribution in [-0.4, -0.2) is 46.1 Å². The van der Waals surface area contributed by atoms with Gasteiger partial charge in [0, 0.05) is 13.7 Å². The highest BCUT2D eigenvalue weighted by Crippen LogP contribution is 2.29. The Morgan fingerprint density at radius 1 is 1.47 bits per heavy atom. The molecule has 0 bridgehead atoms. The third kappa shape index (κ3) is 2.94. The number of nitrogens with zero attached hydrogens (tertiary/aromatic N) is 1. The number of methoxy groups -OCH3 is 1. The van der Waals surface area contributed by atoms with E-state index in [1.165, 1.54) is 11.4 Å². The van der Waals surface area contributed by atoms with Crippen molar-refractivity contribution in [2.24, 2.45) is 0 Å². The number of ether oxygens (including phenoxy) is 2. The first-order valence-electron chi connectivity index (χ1n) is 5.86. The van der Waals surface area contributed by atoms with Crippen molar-refractivity contribution in [3.63, 3.8) is 0 Å². The van der Waals surface area contributed by atoms with Crippen LogP contribution < -0.4 is 4.74 Å². The molecule has 1 aliphatic rings. The van der Waals surface area contributed by atoms with Crippen molar-refractivity contribution < 1.29 is 17.9 Å². The van der Waals surface area contributed by atoms with Gasteiger partial charge in [-0.1, -0.05) is 0 Å². The molecule has 1 aliphatic heterocycles. The summed E-state index contributed by atoms with van der Waals surface area (Å²) >= 11 is 3.30. The van der Waals surface area contributed by atoms with E-state index in [0.29, 0.717) is 23.4 Å². The van der Waals surface area contributed by atoms with E-state index in [1.54, 1.807) is 25.2 Å². The smallest absolute Gasteiger partial charge is 0.243 e. The van der Waals surface area contributed by atoms with Crippen molar-refractivity contribution in [1.29, 1.82) is 0 Å². The molecular weight excluding hydrogens is 334 g/mol. The lowest BCUT2D eigenvalue weighted by Crippen LogP contribution is -2.37. The lowest BCUT2D eigenvalue weighted by Gasteiger charge is -2.22. The Labute approximate surface area is 121 Å². The summed E-state index contributed by atoms with van der Waals surface area (Å²) in [4.78, 5) is 0.245. The zero-order valence-electron chi connectivity index (χ0n) is 10.8. The number of rotatable bonds is 4. The molecule has 0 aromatic heterocycles. The van der Waals surface area contributed by atoms with Crippen LogP contribution in [0.2, 0.25) is 0 Å². The summed E-state index contributed by atoms with van der Waals surface area (Å²) in [5, 5.41) is 0. The minimum Gasteiger partial charge on any atom is -0.496 e. The summed E-state index contributed by atoms with van der Waals surface area (Å²) in [7, 11) is -0.374. The van der Waals surface area contributed by atoms with Crippen LogP contribution in [0.25, 0.3) is 0 Å². The maximum atomic E-state index is 12.5. The SMILES string of the molecule is COc1ccc(S(=O)(=O)N(C)C2CCOC2)cc1Br. The first-order chi connectivity index (χ1) is 8.96. The molecule has 19 heavy (non-hydrogen) atoms. The van der Waals surface area contributed by atoms with E-state index in [2.05, 4.69) is 15.9 Å². The molecule has 0 N–H and O–H groups in total. The zero-order valence-corrected chi connectivity index (χ0v) is 13.2. The second kappa shape index (κ2) is 5.78. The van der Waals surface area contributed by atoms with Crippen LogP contribution in [0, 0.1) is 0 Å². The number of sulfonamides is 1. The predicted octanol–water partition coefficient (Wildman–Crippen LogP) is 1.87. The molecule has 106 valence electrons. The summed E-state index contributed by atoms with van der Waals surface area (Å²) in [6, 6.07) is 4.65. The third-order valence-corrected chi connectivity index (χ3v) is 5.75. The molecule has 5 nitrogen and oxygen atoms in total. The summed E-state index contributed by atoms with van der Waals surface area (Å²) < 4.78 is 37.3. The van der Waals surface area contributed by atoms with Gasteiger partial charge in [0.25, 0.3) is 0 Å². The van der Waals surface area contributed by atoms with E-state index in [9.17, 15) is 8.42 Å². The third-order valence-electron chi connectivity index (χ3n) is 3.22. The lowest BCUT2D eigenvalue weighted by atomic mass is 10.3. The average Bonchev–Trinajstić information content (AvgIpc) is 2.91. The maximum absolute atomic E-state index is 12.5. The van der Waals surface area contributed by atoms with Gasteiger partial charge < -0.3 is 9.47 Å². The van der Waals surface area contributed by atoms with E-state index in [4.69, 9.17) is 9.47 Å². The highest BCUT2D eigenvalue weighted by atomic mass is 79.9. The molecule has 0 saturated carbocycles. The summed E-state index contributed by atoms with van der Waals surface area (Å²) in [6.45, 7) is 1.06. The largest absolute Gasteiger partial charge is 0.496 e. The standard InChI is InChI=1S/C12H16BrNO4S/c1-14(9-5-6-18-8-9)19(15,16)10-3-4-12(17-2)11(13)7-10/h3-4,7,9H,5-6,8H2,1-2H3. The molecular formula is C12H16BrNO4S. The Morgan fingerprint density at radius 3 is 2.74 bits per heavy atom.